The van der Waals surface area contributed by atoms with Gasteiger partial charge in [-0.05, 0) is 30.2 Å². The summed E-state index contributed by atoms with van der Waals surface area (Å²) in [4.78, 5) is 11.4. The van der Waals surface area contributed by atoms with Crippen molar-refractivity contribution in [3.8, 4) is 5.75 Å². The molecule has 1 aromatic rings. The molecular weight excluding hydrogens is 259 g/mol. The number of esters is 1. The van der Waals surface area contributed by atoms with Crippen LogP contribution in [0.5, 0.6) is 5.75 Å². The van der Waals surface area contributed by atoms with E-state index in [0.29, 0.717) is 12.2 Å². The van der Waals surface area contributed by atoms with E-state index in [0.717, 1.165) is 25.7 Å². The molecule has 0 aliphatic carbocycles. The monoisotopic (exact) mass is 280 g/mol. The van der Waals surface area contributed by atoms with Crippen LogP contribution in [0.2, 0.25) is 0 Å². The van der Waals surface area contributed by atoms with Crippen LogP contribution in [0.4, 0.5) is 4.39 Å². The van der Waals surface area contributed by atoms with E-state index in [-0.39, 0.29) is 5.75 Å². The number of rotatable bonds is 8. The molecule has 3 nitrogen and oxygen atoms in total. The van der Waals surface area contributed by atoms with Crippen LogP contribution < -0.4 is 4.74 Å². The summed E-state index contributed by atoms with van der Waals surface area (Å²) >= 11 is 0. The molecule has 0 aliphatic rings. The first kappa shape index (κ1) is 16.2. The van der Waals surface area contributed by atoms with Crippen molar-refractivity contribution < 1.29 is 18.7 Å². The van der Waals surface area contributed by atoms with Gasteiger partial charge in [0.15, 0.2) is 11.6 Å². The van der Waals surface area contributed by atoms with E-state index in [9.17, 15) is 9.18 Å². The molecule has 0 bridgehead atoms. The molecule has 0 aromatic heterocycles. The second-order valence-electron chi connectivity index (χ2n) is 4.46. The van der Waals surface area contributed by atoms with Crippen LogP contribution in [0.25, 0.3) is 6.08 Å². The van der Waals surface area contributed by atoms with Gasteiger partial charge in [-0.15, -0.1) is 0 Å². The topological polar surface area (TPSA) is 35.5 Å². The van der Waals surface area contributed by atoms with Gasteiger partial charge in [-0.1, -0.05) is 32.3 Å². The third-order valence-corrected chi connectivity index (χ3v) is 2.83. The zero-order valence-corrected chi connectivity index (χ0v) is 12.0. The number of unbranched alkanes of at least 4 members (excludes halogenated alkanes) is 3. The molecule has 0 unspecified atom stereocenters. The summed E-state index contributed by atoms with van der Waals surface area (Å²) in [6.07, 6.45) is 7.08. The Hall–Kier alpha value is -1.84. The van der Waals surface area contributed by atoms with Crippen LogP contribution in [0.1, 0.15) is 38.2 Å². The van der Waals surface area contributed by atoms with Crippen LogP contribution in [0.15, 0.2) is 24.3 Å². The molecule has 1 aromatic carbocycles. The first-order chi connectivity index (χ1) is 9.67. The number of ether oxygens (including phenoxy) is 2. The summed E-state index contributed by atoms with van der Waals surface area (Å²) in [7, 11) is 1.41. The number of methoxy groups -OCH3 is 1. The molecule has 20 heavy (non-hydrogen) atoms. The van der Waals surface area contributed by atoms with Crippen molar-refractivity contribution in [1.82, 2.24) is 0 Å². The van der Waals surface area contributed by atoms with E-state index in [1.807, 2.05) is 0 Å². The van der Waals surface area contributed by atoms with Gasteiger partial charge in [-0.2, -0.15) is 0 Å². The Labute approximate surface area is 119 Å². The largest absolute Gasteiger partial charge is 0.494 e. The van der Waals surface area contributed by atoms with E-state index < -0.39 is 11.8 Å². The van der Waals surface area contributed by atoms with Crippen molar-refractivity contribution in [3.63, 3.8) is 0 Å². The molecule has 0 fully saturated rings. The average molecular weight is 280 g/mol. The highest BCUT2D eigenvalue weighted by Gasteiger charge is 2.02. The van der Waals surface area contributed by atoms with Gasteiger partial charge in [-0.3, -0.25) is 0 Å². The summed E-state index contributed by atoms with van der Waals surface area (Å²) in [5.74, 6) is -0.680. The maximum absolute atomic E-state index is 13.4. The van der Waals surface area contributed by atoms with Crippen molar-refractivity contribution in [3.05, 3.63) is 35.7 Å². The molecule has 0 atom stereocenters. The van der Waals surface area contributed by atoms with Gasteiger partial charge < -0.3 is 9.47 Å². The molecule has 0 heterocycles. The lowest BCUT2D eigenvalue weighted by atomic mass is 10.2. The second kappa shape index (κ2) is 9.13. The van der Waals surface area contributed by atoms with E-state index in [2.05, 4.69) is 6.92 Å². The van der Waals surface area contributed by atoms with Gasteiger partial charge in [-0.25, -0.2) is 9.18 Å². The summed E-state index contributed by atoms with van der Waals surface area (Å²) in [6.45, 7) is 2.56. The molecule has 0 N–H and O–H groups in total. The number of carbonyl (C=O) groups is 1. The summed E-state index contributed by atoms with van der Waals surface area (Å²) in [5.41, 5.74) is 0.589. The Bertz CT molecular complexity index is 455. The molecule has 1 rings (SSSR count). The summed E-state index contributed by atoms with van der Waals surface area (Å²) < 4.78 is 23.3. The highest BCUT2D eigenvalue weighted by molar-refractivity contribution is 5.87. The van der Waals surface area contributed by atoms with Crippen molar-refractivity contribution in [2.45, 2.75) is 32.6 Å². The van der Waals surface area contributed by atoms with Crippen molar-refractivity contribution in [2.24, 2.45) is 0 Å². The van der Waals surface area contributed by atoms with Crippen molar-refractivity contribution in [1.29, 1.82) is 0 Å². The smallest absolute Gasteiger partial charge is 0.330 e. The fourth-order valence-corrected chi connectivity index (χ4v) is 1.70. The first-order valence-electron chi connectivity index (χ1n) is 6.85. The van der Waals surface area contributed by atoms with E-state index >= 15 is 0 Å². The molecule has 110 valence electrons. The van der Waals surface area contributed by atoms with Crippen molar-refractivity contribution in [2.75, 3.05) is 13.7 Å². The van der Waals surface area contributed by atoms with Crippen LogP contribution >= 0.6 is 0 Å². The lowest BCUT2D eigenvalue weighted by Crippen LogP contribution is -2.02. The number of hydrogen-bond donors (Lipinski definition) is 0. The minimum absolute atomic E-state index is 0.181. The Morgan fingerprint density at radius 2 is 2.10 bits per heavy atom. The zero-order valence-electron chi connectivity index (χ0n) is 12.0. The number of hydrogen-bond acceptors (Lipinski definition) is 3. The summed E-state index contributed by atoms with van der Waals surface area (Å²) in [5, 5.41) is 0. The lowest BCUT2D eigenvalue weighted by Gasteiger charge is -2.02. The van der Waals surface area contributed by atoms with Gasteiger partial charge in [0.05, 0.1) is 13.7 Å². The maximum Gasteiger partial charge on any atom is 0.330 e. The quantitative estimate of drug-likeness (QED) is 0.410. The summed E-state index contributed by atoms with van der Waals surface area (Å²) in [6, 6.07) is 4.50. The standard InChI is InChI=1S/C16H21FO3/c1-3-4-5-6-11-20-16(18)10-8-13-7-9-15(19-2)14(17)12-13/h7-10,12H,3-6,11H2,1-2H3/b10-8+. The first-order valence-corrected chi connectivity index (χ1v) is 6.85. The van der Waals surface area contributed by atoms with Crippen LogP contribution in [0, 0.1) is 5.82 Å². The number of benzene rings is 1. The van der Waals surface area contributed by atoms with E-state index in [1.54, 1.807) is 6.07 Å². The number of halogens is 1. The zero-order chi connectivity index (χ0) is 14.8. The molecule has 0 saturated carbocycles. The normalized spacial score (nSPS) is 10.8. The Morgan fingerprint density at radius 3 is 2.75 bits per heavy atom. The molecule has 0 amide bonds. The Balaban J connectivity index is 2.39. The molecule has 0 radical (unpaired) electrons. The van der Waals surface area contributed by atoms with Gasteiger partial charge in [0, 0.05) is 6.08 Å². The fraction of sp³-hybridized carbons (Fsp3) is 0.438. The van der Waals surface area contributed by atoms with E-state index in [1.165, 1.54) is 31.4 Å². The van der Waals surface area contributed by atoms with Gasteiger partial charge in [0.25, 0.3) is 0 Å². The SMILES string of the molecule is CCCCCCOC(=O)/C=C/c1ccc(OC)c(F)c1. The second-order valence-corrected chi connectivity index (χ2v) is 4.46. The van der Waals surface area contributed by atoms with Gasteiger partial charge in [0.2, 0.25) is 0 Å². The Kier molecular flexibility index (Phi) is 7.40. The molecular formula is C16H21FO3. The molecule has 0 saturated heterocycles. The minimum Gasteiger partial charge on any atom is -0.494 e. The molecule has 4 heteroatoms. The van der Waals surface area contributed by atoms with Crippen LogP contribution in [-0.4, -0.2) is 19.7 Å². The minimum atomic E-state index is -0.456. The predicted octanol–water partition coefficient (Wildman–Crippen LogP) is 3.97. The maximum atomic E-state index is 13.4. The fourth-order valence-electron chi connectivity index (χ4n) is 1.70. The van der Waals surface area contributed by atoms with Crippen LogP contribution in [0.3, 0.4) is 0 Å². The van der Waals surface area contributed by atoms with E-state index in [4.69, 9.17) is 9.47 Å². The predicted molar refractivity (Wildman–Crippen MR) is 77.1 cm³/mol. The molecule has 0 aliphatic heterocycles. The highest BCUT2D eigenvalue weighted by atomic mass is 19.1. The Morgan fingerprint density at radius 1 is 1.30 bits per heavy atom. The van der Waals surface area contributed by atoms with Gasteiger partial charge >= 0.3 is 5.97 Å². The lowest BCUT2D eigenvalue weighted by molar-refractivity contribution is -0.137. The molecule has 0 spiro atoms. The average Bonchev–Trinajstić information content (AvgIpc) is 2.45. The number of carbonyl (C=O) groups excluding carboxylic acids is 1. The van der Waals surface area contributed by atoms with Gasteiger partial charge in [0.1, 0.15) is 0 Å². The van der Waals surface area contributed by atoms with Crippen LogP contribution in [-0.2, 0) is 9.53 Å². The highest BCUT2D eigenvalue weighted by Crippen LogP contribution is 2.18. The third kappa shape index (κ3) is 5.87. The third-order valence-electron chi connectivity index (χ3n) is 2.83. The van der Waals surface area contributed by atoms with Crippen molar-refractivity contribution >= 4 is 12.0 Å².